The van der Waals surface area contributed by atoms with E-state index in [2.05, 4.69) is 0 Å². The quantitative estimate of drug-likeness (QED) is 0.878. The third-order valence-electron chi connectivity index (χ3n) is 2.71. The number of nitrogens with zero attached hydrogens (tertiary/aromatic N) is 1. The van der Waals surface area contributed by atoms with Gasteiger partial charge in [0, 0.05) is 23.7 Å². The van der Waals surface area contributed by atoms with Gasteiger partial charge in [-0.2, -0.15) is 0 Å². The Morgan fingerprint density at radius 2 is 2.06 bits per heavy atom. The van der Waals surface area contributed by atoms with Crippen molar-refractivity contribution >= 4 is 33.2 Å². The molecule has 0 spiro atoms. The third kappa shape index (κ3) is 2.63. The molecule has 0 saturated carbocycles. The molecule has 5 nitrogen and oxygen atoms in total. The van der Waals surface area contributed by atoms with Gasteiger partial charge in [-0.25, -0.2) is 17.9 Å². The molecule has 0 aliphatic carbocycles. The van der Waals surface area contributed by atoms with Gasteiger partial charge in [-0.3, -0.25) is 4.79 Å². The average molecular weight is 293 g/mol. The molecule has 0 radical (unpaired) electrons. The van der Waals surface area contributed by atoms with E-state index in [1.807, 2.05) is 0 Å². The van der Waals surface area contributed by atoms with Gasteiger partial charge in [0.1, 0.15) is 11.1 Å². The highest BCUT2D eigenvalue weighted by Gasteiger charge is 2.37. The van der Waals surface area contributed by atoms with E-state index < -0.39 is 27.0 Å². The smallest absolute Gasteiger partial charge is 0.228 e. The van der Waals surface area contributed by atoms with Crippen LogP contribution >= 0.6 is 11.6 Å². The van der Waals surface area contributed by atoms with Gasteiger partial charge in [0.25, 0.3) is 0 Å². The lowest BCUT2D eigenvalue weighted by Gasteiger charge is -2.16. The number of carbonyl (C=O) groups excluding carboxylic acids is 1. The van der Waals surface area contributed by atoms with E-state index >= 15 is 0 Å². The molecule has 8 heteroatoms. The lowest BCUT2D eigenvalue weighted by atomic mass is 10.3. The molecule has 2 N–H and O–H groups in total. The number of sulfonamides is 1. The fraction of sp³-hybridized carbons (Fsp3) is 0.300. The highest BCUT2D eigenvalue weighted by Crippen LogP contribution is 2.27. The summed E-state index contributed by atoms with van der Waals surface area (Å²) in [7, 11) is -3.79. The van der Waals surface area contributed by atoms with Crippen LogP contribution in [0.5, 0.6) is 0 Å². The predicted molar refractivity (Wildman–Crippen MR) is 65.3 cm³/mol. The minimum atomic E-state index is -3.79. The Labute approximate surface area is 108 Å². The van der Waals surface area contributed by atoms with Crippen molar-refractivity contribution in [2.75, 3.05) is 11.4 Å². The maximum absolute atomic E-state index is 13.2. The Balaban J connectivity index is 2.32. The van der Waals surface area contributed by atoms with Crippen LogP contribution in [0.25, 0.3) is 0 Å². The van der Waals surface area contributed by atoms with Gasteiger partial charge in [-0.05, 0) is 18.2 Å². The molecule has 1 aromatic rings. The minimum absolute atomic E-state index is 0.0859. The molecule has 1 heterocycles. The van der Waals surface area contributed by atoms with Crippen molar-refractivity contribution in [1.82, 2.24) is 0 Å². The van der Waals surface area contributed by atoms with Crippen LogP contribution in [0.2, 0.25) is 5.02 Å². The minimum Gasteiger partial charge on any atom is -0.311 e. The van der Waals surface area contributed by atoms with Crippen LogP contribution in [0.1, 0.15) is 6.42 Å². The van der Waals surface area contributed by atoms with E-state index in [-0.39, 0.29) is 23.7 Å². The second kappa shape index (κ2) is 4.49. The Bertz CT molecular complexity index is 585. The van der Waals surface area contributed by atoms with Gasteiger partial charge >= 0.3 is 0 Å². The predicted octanol–water partition coefficient (Wildman–Crippen LogP) is 0.873. The largest absolute Gasteiger partial charge is 0.311 e. The lowest BCUT2D eigenvalue weighted by Crippen LogP contribution is -2.32. The average Bonchev–Trinajstić information content (AvgIpc) is 2.58. The fourth-order valence-electron chi connectivity index (χ4n) is 1.84. The van der Waals surface area contributed by atoms with Crippen LogP contribution in [-0.2, 0) is 14.8 Å². The molecule has 1 amide bonds. The fourth-order valence-corrected chi connectivity index (χ4v) is 2.79. The first-order valence-corrected chi connectivity index (χ1v) is 7.04. The number of rotatable bonds is 2. The van der Waals surface area contributed by atoms with Crippen molar-refractivity contribution in [3.8, 4) is 0 Å². The summed E-state index contributed by atoms with van der Waals surface area (Å²) in [5.74, 6) is -1.01. The summed E-state index contributed by atoms with van der Waals surface area (Å²) < 4.78 is 35.6. The number of primary sulfonamides is 1. The first-order chi connectivity index (χ1) is 8.27. The van der Waals surface area contributed by atoms with Crippen molar-refractivity contribution in [3.63, 3.8) is 0 Å². The normalized spacial score (nSPS) is 20.5. The first kappa shape index (κ1) is 13.3. The van der Waals surface area contributed by atoms with Crippen molar-refractivity contribution in [2.24, 2.45) is 5.14 Å². The zero-order chi connectivity index (χ0) is 13.5. The summed E-state index contributed by atoms with van der Waals surface area (Å²) in [5.41, 5.74) is 0.233. The molecular weight excluding hydrogens is 283 g/mol. The molecule has 1 unspecified atom stereocenters. The van der Waals surface area contributed by atoms with Crippen LogP contribution in [0.3, 0.4) is 0 Å². The monoisotopic (exact) mass is 292 g/mol. The number of carbonyl (C=O) groups is 1. The molecule has 1 saturated heterocycles. The molecule has 18 heavy (non-hydrogen) atoms. The van der Waals surface area contributed by atoms with Gasteiger partial charge in [0.15, 0.2) is 0 Å². The second-order valence-corrected chi connectivity index (χ2v) is 6.33. The number of amides is 1. The van der Waals surface area contributed by atoms with Gasteiger partial charge in [-0.15, -0.1) is 0 Å². The molecule has 0 aromatic heterocycles. The molecule has 1 atom stereocenters. The standard InChI is InChI=1S/C10H10ClFN2O3S/c11-6-1-7(12)3-8(2-6)14-5-9(4-10(14)15)18(13,16)17/h1-3,9H,4-5H2,(H2,13,16,17). The summed E-state index contributed by atoms with van der Waals surface area (Å²) in [6.45, 7) is -0.0859. The van der Waals surface area contributed by atoms with Crippen LogP contribution in [0, 0.1) is 5.82 Å². The molecule has 1 aliphatic rings. The van der Waals surface area contributed by atoms with E-state index in [9.17, 15) is 17.6 Å². The zero-order valence-electron chi connectivity index (χ0n) is 9.14. The Kier molecular flexibility index (Phi) is 3.31. The molecule has 2 rings (SSSR count). The van der Waals surface area contributed by atoms with Crippen LogP contribution in [0.4, 0.5) is 10.1 Å². The highest BCUT2D eigenvalue weighted by atomic mass is 35.5. The number of benzene rings is 1. The van der Waals surface area contributed by atoms with Gasteiger partial charge in [-0.1, -0.05) is 11.6 Å². The van der Waals surface area contributed by atoms with Crippen molar-refractivity contribution < 1.29 is 17.6 Å². The van der Waals surface area contributed by atoms with Gasteiger partial charge < -0.3 is 4.90 Å². The molecule has 1 aliphatic heterocycles. The summed E-state index contributed by atoms with van der Waals surface area (Å²) in [5, 5.41) is 4.17. The third-order valence-corrected chi connectivity index (χ3v) is 4.18. The number of anilines is 1. The van der Waals surface area contributed by atoms with E-state index in [0.717, 1.165) is 12.1 Å². The number of halogens is 2. The van der Waals surface area contributed by atoms with E-state index in [4.69, 9.17) is 16.7 Å². The topological polar surface area (TPSA) is 80.5 Å². The Morgan fingerprint density at radius 1 is 1.39 bits per heavy atom. The summed E-state index contributed by atoms with van der Waals surface area (Å²) in [6, 6.07) is 3.62. The van der Waals surface area contributed by atoms with E-state index in [1.54, 1.807) is 0 Å². The van der Waals surface area contributed by atoms with Crippen molar-refractivity contribution in [3.05, 3.63) is 29.0 Å². The summed E-state index contributed by atoms with van der Waals surface area (Å²) in [4.78, 5) is 12.9. The first-order valence-electron chi connectivity index (χ1n) is 5.05. The maximum atomic E-state index is 13.2. The van der Waals surface area contributed by atoms with Gasteiger partial charge in [0.2, 0.25) is 15.9 Å². The Hall–Kier alpha value is -1.18. The summed E-state index contributed by atoms with van der Waals surface area (Å²) in [6.07, 6.45) is -0.201. The zero-order valence-corrected chi connectivity index (χ0v) is 10.7. The molecule has 0 bridgehead atoms. The lowest BCUT2D eigenvalue weighted by molar-refractivity contribution is -0.117. The highest BCUT2D eigenvalue weighted by molar-refractivity contribution is 7.89. The SMILES string of the molecule is NS(=O)(=O)C1CC(=O)N(c2cc(F)cc(Cl)c2)C1. The van der Waals surface area contributed by atoms with E-state index in [0.29, 0.717) is 0 Å². The number of nitrogens with two attached hydrogens (primary N) is 1. The molecular formula is C10H10ClFN2O3S. The summed E-state index contributed by atoms with van der Waals surface area (Å²) >= 11 is 5.68. The van der Waals surface area contributed by atoms with Gasteiger partial charge in [0.05, 0.1) is 0 Å². The molecule has 1 fully saturated rings. The van der Waals surface area contributed by atoms with Crippen molar-refractivity contribution in [2.45, 2.75) is 11.7 Å². The van der Waals surface area contributed by atoms with Crippen LogP contribution in [0.15, 0.2) is 18.2 Å². The van der Waals surface area contributed by atoms with Crippen LogP contribution in [-0.4, -0.2) is 26.1 Å². The van der Waals surface area contributed by atoms with Crippen LogP contribution < -0.4 is 10.0 Å². The Morgan fingerprint density at radius 3 is 2.56 bits per heavy atom. The number of hydrogen-bond acceptors (Lipinski definition) is 3. The van der Waals surface area contributed by atoms with Crippen molar-refractivity contribution in [1.29, 1.82) is 0 Å². The second-order valence-electron chi connectivity index (χ2n) is 4.05. The molecule has 98 valence electrons. The van der Waals surface area contributed by atoms with E-state index in [1.165, 1.54) is 11.0 Å². The maximum Gasteiger partial charge on any atom is 0.228 e. The molecule has 1 aromatic carbocycles. The number of hydrogen-bond donors (Lipinski definition) is 1.